The van der Waals surface area contributed by atoms with Crippen LogP contribution in [0.5, 0.6) is 6.01 Å². The van der Waals surface area contributed by atoms with Crippen LogP contribution in [-0.4, -0.2) is 22.1 Å². The molecule has 5 nitrogen and oxygen atoms in total. The summed E-state index contributed by atoms with van der Waals surface area (Å²) in [6, 6.07) is 5.82. The van der Waals surface area contributed by atoms with Gasteiger partial charge in [0, 0.05) is 24.3 Å². The Morgan fingerprint density at radius 1 is 1.13 bits per heavy atom. The summed E-state index contributed by atoms with van der Waals surface area (Å²) >= 11 is 0. The van der Waals surface area contributed by atoms with Crippen LogP contribution in [0.2, 0.25) is 0 Å². The van der Waals surface area contributed by atoms with Crippen LogP contribution in [-0.2, 0) is 0 Å². The standard InChI is InChI=1S/C10H10N4O/c1-15-10-12-7-4-9(14-10)13-8-2-5-11-6-3-8/h2-7H,1H3,(H,11,12,13,14). The molecule has 0 amide bonds. The summed E-state index contributed by atoms with van der Waals surface area (Å²) in [4.78, 5) is 12.0. The van der Waals surface area contributed by atoms with Crippen LogP contribution in [0.4, 0.5) is 11.5 Å². The summed E-state index contributed by atoms with van der Waals surface area (Å²) in [5.74, 6) is 0.688. The van der Waals surface area contributed by atoms with Gasteiger partial charge in [-0.1, -0.05) is 0 Å². The molecule has 0 bridgehead atoms. The van der Waals surface area contributed by atoms with Gasteiger partial charge < -0.3 is 10.1 Å². The van der Waals surface area contributed by atoms with Gasteiger partial charge in [-0.25, -0.2) is 4.98 Å². The minimum Gasteiger partial charge on any atom is -0.467 e. The van der Waals surface area contributed by atoms with E-state index in [0.717, 1.165) is 5.69 Å². The number of aromatic nitrogens is 3. The number of pyridine rings is 1. The molecule has 0 spiro atoms. The summed E-state index contributed by atoms with van der Waals surface area (Å²) in [5.41, 5.74) is 0.922. The fourth-order valence-electron chi connectivity index (χ4n) is 1.09. The first-order valence-electron chi connectivity index (χ1n) is 4.42. The quantitative estimate of drug-likeness (QED) is 0.819. The van der Waals surface area contributed by atoms with E-state index >= 15 is 0 Å². The average molecular weight is 202 g/mol. The van der Waals surface area contributed by atoms with Crippen molar-refractivity contribution >= 4 is 11.5 Å². The molecule has 2 aromatic rings. The van der Waals surface area contributed by atoms with Crippen molar-refractivity contribution in [2.75, 3.05) is 12.4 Å². The summed E-state index contributed by atoms with van der Waals surface area (Å²) in [7, 11) is 1.53. The van der Waals surface area contributed by atoms with E-state index in [-0.39, 0.29) is 0 Å². The van der Waals surface area contributed by atoms with Gasteiger partial charge in [-0.05, 0) is 18.2 Å². The number of nitrogens with one attached hydrogen (secondary N) is 1. The van der Waals surface area contributed by atoms with Gasteiger partial charge in [0.25, 0.3) is 0 Å². The molecule has 2 heterocycles. The van der Waals surface area contributed by atoms with Crippen LogP contribution in [0.15, 0.2) is 36.8 Å². The van der Waals surface area contributed by atoms with Crippen LogP contribution < -0.4 is 10.1 Å². The minimum atomic E-state index is 0.342. The summed E-state index contributed by atoms with van der Waals surface area (Å²) in [6.07, 6.45) is 5.05. The monoisotopic (exact) mass is 202 g/mol. The van der Waals surface area contributed by atoms with Crippen molar-refractivity contribution < 1.29 is 4.74 Å². The highest BCUT2D eigenvalue weighted by Gasteiger charge is 1.98. The third-order valence-electron chi connectivity index (χ3n) is 1.77. The Balaban J connectivity index is 2.17. The Labute approximate surface area is 87.2 Å². The molecule has 1 N–H and O–H groups in total. The van der Waals surface area contributed by atoms with Gasteiger partial charge in [0.1, 0.15) is 5.82 Å². The minimum absolute atomic E-state index is 0.342. The number of methoxy groups -OCH3 is 1. The highest BCUT2D eigenvalue weighted by atomic mass is 16.5. The van der Waals surface area contributed by atoms with Crippen molar-refractivity contribution in [2.24, 2.45) is 0 Å². The van der Waals surface area contributed by atoms with E-state index in [1.165, 1.54) is 7.11 Å². The number of ether oxygens (including phenoxy) is 1. The zero-order valence-corrected chi connectivity index (χ0v) is 8.21. The normalized spacial score (nSPS) is 9.67. The van der Waals surface area contributed by atoms with Crippen LogP contribution in [0.3, 0.4) is 0 Å². The van der Waals surface area contributed by atoms with Crippen LogP contribution in [0, 0.1) is 0 Å². The molecular weight excluding hydrogens is 192 g/mol. The molecule has 0 saturated heterocycles. The second kappa shape index (κ2) is 4.36. The Morgan fingerprint density at radius 3 is 2.67 bits per heavy atom. The molecule has 0 aliphatic rings. The highest BCUT2D eigenvalue weighted by molar-refractivity contribution is 5.54. The molecule has 0 fully saturated rings. The lowest BCUT2D eigenvalue weighted by atomic mass is 10.4. The first-order chi connectivity index (χ1) is 7.38. The van der Waals surface area contributed by atoms with Crippen LogP contribution in [0.1, 0.15) is 0 Å². The van der Waals surface area contributed by atoms with Gasteiger partial charge in [0.2, 0.25) is 0 Å². The van der Waals surface area contributed by atoms with Crippen LogP contribution >= 0.6 is 0 Å². The van der Waals surface area contributed by atoms with Gasteiger partial charge >= 0.3 is 6.01 Å². The number of rotatable bonds is 3. The zero-order chi connectivity index (χ0) is 10.5. The van der Waals surface area contributed by atoms with Gasteiger partial charge in [0.15, 0.2) is 0 Å². The Hall–Kier alpha value is -2.17. The largest absolute Gasteiger partial charge is 0.467 e. The van der Waals surface area contributed by atoms with E-state index in [1.807, 2.05) is 12.1 Å². The SMILES string of the molecule is COc1nccc(Nc2ccncc2)n1. The van der Waals surface area contributed by atoms with Crippen molar-refractivity contribution in [3.8, 4) is 6.01 Å². The molecule has 0 atom stereocenters. The first kappa shape index (κ1) is 9.39. The maximum Gasteiger partial charge on any atom is 0.318 e. The van der Waals surface area contributed by atoms with Crippen molar-refractivity contribution in [3.63, 3.8) is 0 Å². The van der Waals surface area contributed by atoms with Gasteiger partial charge in [-0.2, -0.15) is 4.98 Å². The van der Waals surface area contributed by atoms with E-state index in [1.54, 1.807) is 24.7 Å². The lowest BCUT2D eigenvalue weighted by Crippen LogP contribution is -1.97. The second-order valence-electron chi connectivity index (χ2n) is 2.79. The third kappa shape index (κ3) is 2.40. The molecule has 5 heteroatoms. The maximum atomic E-state index is 4.92. The first-order valence-corrected chi connectivity index (χ1v) is 4.42. The molecule has 0 aliphatic carbocycles. The molecule has 0 aliphatic heterocycles. The molecule has 15 heavy (non-hydrogen) atoms. The lowest BCUT2D eigenvalue weighted by molar-refractivity contribution is 0.380. The van der Waals surface area contributed by atoms with E-state index in [9.17, 15) is 0 Å². The fourth-order valence-corrected chi connectivity index (χ4v) is 1.09. The van der Waals surface area contributed by atoms with E-state index < -0.39 is 0 Å². The highest BCUT2D eigenvalue weighted by Crippen LogP contribution is 2.13. The number of nitrogens with zero attached hydrogens (tertiary/aromatic N) is 3. The number of hydrogen-bond donors (Lipinski definition) is 1. The summed E-state index contributed by atoms with van der Waals surface area (Å²) in [5, 5.41) is 3.11. The number of anilines is 2. The molecule has 0 radical (unpaired) electrons. The van der Waals surface area contributed by atoms with Gasteiger partial charge in [-0.3, -0.25) is 4.98 Å². The van der Waals surface area contributed by atoms with Crippen LogP contribution in [0.25, 0.3) is 0 Å². The van der Waals surface area contributed by atoms with Crippen molar-refractivity contribution in [3.05, 3.63) is 36.8 Å². The second-order valence-corrected chi connectivity index (χ2v) is 2.79. The smallest absolute Gasteiger partial charge is 0.318 e. The van der Waals surface area contributed by atoms with Crippen molar-refractivity contribution in [1.29, 1.82) is 0 Å². The zero-order valence-electron chi connectivity index (χ0n) is 8.21. The fraction of sp³-hybridized carbons (Fsp3) is 0.100. The van der Waals surface area contributed by atoms with Gasteiger partial charge in [0.05, 0.1) is 7.11 Å². The predicted octanol–water partition coefficient (Wildman–Crippen LogP) is 1.62. The molecule has 76 valence electrons. The molecular formula is C10H10N4O. The predicted molar refractivity (Wildman–Crippen MR) is 56.1 cm³/mol. The molecule has 0 aromatic carbocycles. The van der Waals surface area contributed by atoms with Crippen molar-refractivity contribution in [2.45, 2.75) is 0 Å². The van der Waals surface area contributed by atoms with Gasteiger partial charge in [-0.15, -0.1) is 0 Å². The molecule has 0 unspecified atom stereocenters. The lowest BCUT2D eigenvalue weighted by Gasteiger charge is -2.05. The maximum absolute atomic E-state index is 4.92. The topological polar surface area (TPSA) is 59.9 Å². The molecule has 2 rings (SSSR count). The summed E-state index contributed by atoms with van der Waals surface area (Å²) < 4.78 is 4.92. The van der Waals surface area contributed by atoms with Crippen molar-refractivity contribution in [1.82, 2.24) is 15.0 Å². The number of hydrogen-bond acceptors (Lipinski definition) is 5. The van der Waals surface area contributed by atoms with E-state index in [0.29, 0.717) is 11.8 Å². The Bertz CT molecular complexity index is 432. The molecule has 2 aromatic heterocycles. The third-order valence-corrected chi connectivity index (χ3v) is 1.77. The average Bonchev–Trinajstić information content (AvgIpc) is 2.31. The molecule has 0 saturated carbocycles. The van der Waals surface area contributed by atoms with E-state index in [2.05, 4.69) is 20.3 Å². The Kier molecular flexibility index (Phi) is 2.73. The summed E-state index contributed by atoms with van der Waals surface area (Å²) in [6.45, 7) is 0. The Morgan fingerprint density at radius 2 is 1.93 bits per heavy atom. The van der Waals surface area contributed by atoms with E-state index in [4.69, 9.17) is 4.74 Å².